The van der Waals surface area contributed by atoms with Crippen molar-refractivity contribution in [2.75, 3.05) is 20.8 Å². The zero-order valence-electron chi connectivity index (χ0n) is 10.4. The van der Waals surface area contributed by atoms with Crippen LogP contribution < -0.4 is 9.47 Å². The lowest BCUT2D eigenvalue weighted by Crippen LogP contribution is -2.18. The molecule has 1 aromatic rings. The number of carbonyl (C=O) groups excluding carboxylic acids is 1. The second kappa shape index (κ2) is 7.08. The third kappa shape index (κ3) is 5.76. The quantitative estimate of drug-likeness (QED) is 0.615. The Balaban J connectivity index is 2.64. The zero-order chi connectivity index (χ0) is 14.5. The van der Waals surface area contributed by atoms with Gasteiger partial charge in [0.05, 0.1) is 20.6 Å². The SMILES string of the molecule is COc1ccc(CC(=O)OCC(Cl)(Cl)Cl)cc1OC. The summed E-state index contributed by atoms with van der Waals surface area (Å²) in [4.78, 5) is 11.5. The largest absolute Gasteiger partial charge is 0.493 e. The highest BCUT2D eigenvalue weighted by Gasteiger charge is 2.22. The number of benzene rings is 1. The van der Waals surface area contributed by atoms with E-state index < -0.39 is 9.76 Å². The molecule has 106 valence electrons. The fourth-order valence-electron chi connectivity index (χ4n) is 1.37. The van der Waals surface area contributed by atoms with Crippen molar-refractivity contribution in [1.29, 1.82) is 0 Å². The van der Waals surface area contributed by atoms with E-state index in [4.69, 9.17) is 49.0 Å². The number of methoxy groups -OCH3 is 2. The van der Waals surface area contributed by atoms with Crippen LogP contribution in [0.5, 0.6) is 11.5 Å². The summed E-state index contributed by atoms with van der Waals surface area (Å²) in [5.74, 6) is 0.633. The van der Waals surface area contributed by atoms with E-state index in [9.17, 15) is 4.79 Å². The highest BCUT2D eigenvalue weighted by molar-refractivity contribution is 6.67. The highest BCUT2D eigenvalue weighted by atomic mass is 35.6. The normalized spacial score (nSPS) is 11.0. The molecule has 0 saturated heterocycles. The van der Waals surface area contributed by atoms with Crippen LogP contribution in [0.1, 0.15) is 5.56 Å². The van der Waals surface area contributed by atoms with E-state index in [0.29, 0.717) is 17.1 Å². The first-order valence-electron chi connectivity index (χ1n) is 5.29. The maximum Gasteiger partial charge on any atom is 0.310 e. The summed E-state index contributed by atoms with van der Waals surface area (Å²) >= 11 is 16.5. The minimum atomic E-state index is -1.60. The fraction of sp³-hybridized carbons (Fsp3) is 0.417. The lowest BCUT2D eigenvalue weighted by Gasteiger charge is -2.12. The highest BCUT2D eigenvalue weighted by Crippen LogP contribution is 2.28. The molecule has 7 heteroatoms. The molecular weight excluding hydrogens is 314 g/mol. The van der Waals surface area contributed by atoms with Gasteiger partial charge in [0.15, 0.2) is 11.5 Å². The Kier molecular flexibility index (Phi) is 6.04. The van der Waals surface area contributed by atoms with Crippen LogP contribution in [0, 0.1) is 0 Å². The van der Waals surface area contributed by atoms with Gasteiger partial charge in [-0.1, -0.05) is 40.9 Å². The van der Waals surface area contributed by atoms with Gasteiger partial charge in [-0.25, -0.2) is 0 Å². The molecule has 0 aliphatic rings. The molecule has 0 unspecified atom stereocenters. The van der Waals surface area contributed by atoms with Gasteiger partial charge in [-0.15, -0.1) is 0 Å². The number of esters is 1. The van der Waals surface area contributed by atoms with Gasteiger partial charge < -0.3 is 14.2 Å². The van der Waals surface area contributed by atoms with Crippen molar-refractivity contribution in [2.45, 2.75) is 10.2 Å². The summed E-state index contributed by atoms with van der Waals surface area (Å²) < 4.78 is 13.5. The Morgan fingerprint density at radius 1 is 1.16 bits per heavy atom. The number of ether oxygens (including phenoxy) is 3. The second-order valence-corrected chi connectivity index (χ2v) is 6.16. The molecule has 0 saturated carbocycles. The number of halogens is 3. The minimum absolute atomic E-state index is 0.0566. The predicted molar refractivity (Wildman–Crippen MR) is 74.5 cm³/mol. The topological polar surface area (TPSA) is 44.8 Å². The maximum absolute atomic E-state index is 11.5. The first-order valence-corrected chi connectivity index (χ1v) is 6.42. The van der Waals surface area contributed by atoms with Crippen molar-refractivity contribution in [2.24, 2.45) is 0 Å². The lowest BCUT2D eigenvalue weighted by molar-refractivity contribution is -0.142. The summed E-state index contributed by atoms with van der Waals surface area (Å²) in [6.45, 7) is -0.288. The average Bonchev–Trinajstić information content (AvgIpc) is 2.35. The molecule has 19 heavy (non-hydrogen) atoms. The van der Waals surface area contributed by atoms with E-state index in [0.717, 1.165) is 0 Å². The van der Waals surface area contributed by atoms with Crippen molar-refractivity contribution in [3.63, 3.8) is 0 Å². The van der Waals surface area contributed by atoms with Crippen LogP contribution in [0.15, 0.2) is 18.2 Å². The Bertz CT molecular complexity index is 443. The molecule has 1 aromatic carbocycles. The minimum Gasteiger partial charge on any atom is -0.493 e. The van der Waals surface area contributed by atoms with Gasteiger partial charge in [0.1, 0.15) is 6.61 Å². The first-order chi connectivity index (χ1) is 8.85. The molecule has 0 aliphatic heterocycles. The molecule has 0 bridgehead atoms. The smallest absolute Gasteiger partial charge is 0.310 e. The zero-order valence-corrected chi connectivity index (χ0v) is 12.7. The summed E-state index contributed by atoms with van der Waals surface area (Å²) in [6.07, 6.45) is 0.0566. The summed E-state index contributed by atoms with van der Waals surface area (Å²) in [5.41, 5.74) is 0.715. The van der Waals surface area contributed by atoms with E-state index >= 15 is 0 Å². The summed E-state index contributed by atoms with van der Waals surface area (Å²) in [5, 5.41) is 0. The lowest BCUT2D eigenvalue weighted by atomic mass is 10.1. The monoisotopic (exact) mass is 326 g/mol. The van der Waals surface area contributed by atoms with Crippen molar-refractivity contribution in [3.8, 4) is 11.5 Å². The number of hydrogen-bond acceptors (Lipinski definition) is 4. The Morgan fingerprint density at radius 3 is 2.32 bits per heavy atom. The maximum atomic E-state index is 11.5. The molecule has 0 spiro atoms. The van der Waals surface area contributed by atoms with Gasteiger partial charge in [0.25, 0.3) is 0 Å². The van der Waals surface area contributed by atoms with Crippen molar-refractivity contribution >= 4 is 40.8 Å². The number of rotatable bonds is 5. The van der Waals surface area contributed by atoms with Crippen LogP contribution in [-0.4, -0.2) is 30.6 Å². The third-order valence-corrected chi connectivity index (χ3v) is 2.52. The van der Waals surface area contributed by atoms with E-state index in [-0.39, 0.29) is 13.0 Å². The summed E-state index contributed by atoms with van der Waals surface area (Å²) in [7, 11) is 3.05. The molecule has 0 aromatic heterocycles. The Morgan fingerprint density at radius 2 is 1.79 bits per heavy atom. The molecule has 0 heterocycles. The number of hydrogen-bond donors (Lipinski definition) is 0. The van der Waals surface area contributed by atoms with Gasteiger partial charge >= 0.3 is 5.97 Å². The van der Waals surface area contributed by atoms with Gasteiger partial charge in [0, 0.05) is 0 Å². The average molecular weight is 328 g/mol. The molecular formula is C12H13Cl3O4. The van der Waals surface area contributed by atoms with E-state index in [1.165, 1.54) is 14.2 Å². The van der Waals surface area contributed by atoms with Gasteiger partial charge in [-0.3, -0.25) is 4.79 Å². The standard InChI is InChI=1S/C12H13Cl3O4/c1-17-9-4-3-8(5-10(9)18-2)6-11(16)19-7-12(13,14)15/h3-5H,6-7H2,1-2H3. The molecule has 1 rings (SSSR count). The van der Waals surface area contributed by atoms with Crippen LogP contribution in [0.25, 0.3) is 0 Å². The molecule has 0 amide bonds. The van der Waals surface area contributed by atoms with Gasteiger partial charge in [-0.05, 0) is 17.7 Å². The number of carbonyl (C=O) groups is 1. The van der Waals surface area contributed by atoms with Crippen LogP contribution in [0.2, 0.25) is 0 Å². The third-order valence-electron chi connectivity index (χ3n) is 2.19. The Labute approximate surface area is 126 Å². The molecule has 0 fully saturated rings. The molecule has 4 nitrogen and oxygen atoms in total. The van der Waals surface area contributed by atoms with Crippen LogP contribution in [0.4, 0.5) is 0 Å². The predicted octanol–water partition coefficient (Wildman–Crippen LogP) is 3.16. The van der Waals surface area contributed by atoms with Crippen molar-refractivity contribution < 1.29 is 19.0 Å². The van der Waals surface area contributed by atoms with Gasteiger partial charge in [0.2, 0.25) is 3.79 Å². The van der Waals surface area contributed by atoms with Crippen LogP contribution in [0.3, 0.4) is 0 Å². The fourth-order valence-corrected chi connectivity index (χ4v) is 1.53. The van der Waals surface area contributed by atoms with E-state index in [1.54, 1.807) is 18.2 Å². The van der Waals surface area contributed by atoms with Crippen LogP contribution in [-0.2, 0) is 16.0 Å². The van der Waals surface area contributed by atoms with Crippen molar-refractivity contribution in [3.05, 3.63) is 23.8 Å². The Hall–Kier alpha value is -0.840. The first kappa shape index (κ1) is 16.2. The number of alkyl halides is 3. The second-order valence-electron chi connectivity index (χ2n) is 3.64. The van der Waals surface area contributed by atoms with Gasteiger partial charge in [-0.2, -0.15) is 0 Å². The molecule has 0 aliphatic carbocycles. The van der Waals surface area contributed by atoms with Crippen molar-refractivity contribution in [1.82, 2.24) is 0 Å². The van der Waals surface area contributed by atoms with E-state index in [2.05, 4.69) is 0 Å². The van der Waals surface area contributed by atoms with E-state index in [1.807, 2.05) is 0 Å². The summed E-state index contributed by atoms with van der Waals surface area (Å²) in [6, 6.07) is 5.13. The molecule has 0 atom stereocenters. The van der Waals surface area contributed by atoms with Crippen LogP contribution >= 0.6 is 34.8 Å². The molecule has 0 N–H and O–H groups in total. The molecule has 0 radical (unpaired) electrons.